The van der Waals surface area contributed by atoms with E-state index in [1.165, 1.54) is 37.8 Å². The summed E-state index contributed by atoms with van der Waals surface area (Å²) in [6.45, 7) is 4.56. The largest absolute Gasteiger partial charge is 0.310 e. The van der Waals surface area contributed by atoms with E-state index in [0.29, 0.717) is 6.04 Å². The van der Waals surface area contributed by atoms with E-state index in [2.05, 4.69) is 36.3 Å². The standard InChI is InChI=1S/C16H25ClN2/c1-13(14-6-8-15(17)9-7-14)18-11-10-16-5-3-4-12-19(16)2/h6-9,13,16,18H,3-5,10-12H2,1-2H3. The molecule has 1 aliphatic heterocycles. The highest BCUT2D eigenvalue weighted by Gasteiger charge is 2.18. The Hall–Kier alpha value is -0.570. The lowest BCUT2D eigenvalue weighted by molar-refractivity contribution is 0.174. The second-order valence-corrected chi connectivity index (χ2v) is 6.08. The maximum Gasteiger partial charge on any atom is 0.0406 e. The Labute approximate surface area is 122 Å². The summed E-state index contributed by atoms with van der Waals surface area (Å²) in [5, 5.41) is 4.42. The highest BCUT2D eigenvalue weighted by Crippen LogP contribution is 2.19. The maximum atomic E-state index is 5.91. The average molecular weight is 281 g/mol. The van der Waals surface area contributed by atoms with Crippen LogP contribution in [0, 0.1) is 0 Å². The quantitative estimate of drug-likeness (QED) is 0.881. The maximum absolute atomic E-state index is 5.91. The Morgan fingerprint density at radius 1 is 1.32 bits per heavy atom. The predicted molar refractivity (Wildman–Crippen MR) is 82.8 cm³/mol. The van der Waals surface area contributed by atoms with Crippen LogP contribution in [0.4, 0.5) is 0 Å². The Kier molecular flexibility index (Phi) is 5.68. The minimum absolute atomic E-state index is 0.395. The molecule has 2 atom stereocenters. The summed E-state index contributed by atoms with van der Waals surface area (Å²) in [5.41, 5.74) is 1.31. The van der Waals surface area contributed by atoms with Gasteiger partial charge in [0.05, 0.1) is 0 Å². The fraction of sp³-hybridized carbons (Fsp3) is 0.625. The number of piperidine rings is 1. The minimum Gasteiger partial charge on any atom is -0.310 e. The van der Waals surface area contributed by atoms with Crippen molar-refractivity contribution in [2.45, 2.75) is 44.7 Å². The van der Waals surface area contributed by atoms with Crippen LogP contribution in [0.2, 0.25) is 5.02 Å². The Morgan fingerprint density at radius 2 is 2.05 bits per heavy atom. The zero-order chi connectivity index (χ0) is 13.7. The molecule has 0 saturated carbocycles. The van der Waals surface area contributed by atoms with Crippen molar-refractivity contribution < 1.29 is 0 Å². The van der Waals surface area contributed by atoms with Crippen LogP contribution in [0.15, 0.2) is 24.3 Å². The van der Waals surface area contributed by atoms with Crippen LogP contribution in [-0.4, -0.2) is 31.1 Å². The van der Waals surface area contributed by atoms with Gasteiger partial charge in [0, 0.05) is 17.1 Å². The van der Waals surface area contributed by atoms with Crippen molar-refractivity contribution in [1.29, 1.82) is 0 Å². The molecule has 1 aromatic rings. The predicted octanol–water partition coefficient (Wildman–Crippen LogP) is 3.87. The van der Waals surface area contributed by atoms with Crippen molar-refractivity contribution >= 4 is 11.6 Å². The first-order valence-corrected chi connectivity index (χ1v) is 7.73. The van der Waals surface area contributed by atoms with Crippen molar-refractivity contribution in [3.63, 3.8) is 0 Å². The monoisotopic (exact) mass is 280 g/mol. The molecule has 0 spiro atoms. The number of halogens is 1. The Bertz CT molecular complexity index is 377. The molecule has 0 aromatic heterocycles. The van der Waals surface area contributed by atoms with Gasteiger partial charge in [-0.15, -0.1) is 0 Å². The van der Waals surface area contributed by atoms with Crippen molar-refractivity contribution in [3.05, 3.63) is 34.9 Å². The third-order valence-electron chi connectivity index (χ3n) is 4.22. The van der Waals surface area contributed by atoms with Crippen LogP contribution >= 0.6 is 11.6 Å². The van der Waals surface area contributed by atoms with E-state index >= 15 is 0 Å². The molecule has 0 amide bonds. The van der Waals surface area contributed by atoms with Crippen molar-refractivity contribution in [3.8, 4) is 0 Å². The van der Waals surface area contributed by atoms with Gasteiger partial charge in [-0.3, -0.25) is 0 Å². The summed E-state index contributed by atoms with van der Waals surface area (Å²) in [4.78, 5) is 2.51. The highest BCUT2D eigenvalue weighted by atomic mass is 35.5. The first-order valence-electron chi connectivity index (χ1n) is 7.36. The lowest BCUT2D eigenvalue weighted by Crippen LogP contribution is -2.38. The molecule has 1 aliphatic rings. The number of nitrogens with one attached hydrogen (secondary N) is 1. The zero-order valence-corrected chi connectivity index (χ0v) is 12.8. The lowest BCUT2D eigenvalue weighted by Gasteiger charge is -2.32. The molecule has 0 radical (unpaired) electrons. The molecular formula is C16H25ClN2. The number of hydrogen-bond donors (Lipinski definition) is 1. The summed E-state index contributed by atoms with van der Waals surface area (Å²) in [6, 6.07) is 9.29. The summed E-state index contributed by atoms with van der Waals surface area (Å²) in [5.74, 6) is 0. The van der Waals surface area contributed by atoms with Crippen LogP contribution in [0.5, 0.6) is 0 Å². The fourth-order valence-corrected chi connectivity index (χ4v) is 2.97. The van der Waals surface area contributed by atoms with E-state index in [1.807, 2.05) is 12.1 Å². The van der Waals surface area contributed by atoms with E-state index in [4.69, 9.17) is 11.6 Å². The zero-order valence-electron chi connectivity index (χ0n) is 12.0. The van der Waals surface area contributed by atoms with Gasteiger partial charge in [-0.2, -0.15) is 0 Å². The van der Waals surface area contributed by atoms with Gasteiger partial charge in [-0.1, -0.05) is 30.2 Å². The topological polar surface area (TPSA) is 15.3 Å². The van der Waals surface area contributed by atoms with Gasteiger partial charge in [-0.25, -0.2) is 0 Å². The van der Waals surface area contributed by atoms with Gasteiger partial charge in [-0.05, 0) is 64.0 Å². The molecule has 1 fully saturated rings. The molecule has 19 heavy (non-hydrogen) atoms. The molecule has 1 N–H and O–H groups in total. The Balaban J connectivity index is 1.74. The SMILES string of the molecule is CC(NCCC1CCCCN1C)c1ccc(Cl)cc1. The Morgan fingerprint density at radius 3 is 2.74 bits per heavy atom. The summed E-state index contributed by atoms with van der Waals surface area (Å²) in [6.07, 6.45) is 5.35. The molecule has 106 valence electrons. The van der Waals surface area contributed by atoms with Crippen LogP contribution in [0.1, 0.15) is 44.2 Å². The molecular weight excluding hydrogens is 256 g/mol. The van der Waals surface area contributed by atoms with Gasteiger partial charge in [0.2, 0.25) is 0 Å². The molecule has 3 heteroatoms. The third-order valence-corrected chi connectivity index (χ3v) is 4.47. The number of benzene rings is 1. The van der Waals surface area contributed by atoms with Crippen molar-refractivity contribution in [2.24, 2.45) is 0 Å². The second kappa shape index (κ2) is 7.28. The van der Waals surface area contributed by atoms with Gasteiger partial charge >= 0.3 is 0 Å². The average Bonchev–Trinajstić information content (AvgIpc) is 2.41. The summed E-state index contributed by atoms with van der Waals surface area (Å²) < 4.78 is 0. The molecule has 2 unspecified atom stereocenters. The van der Waals surface area contributed by atoms with Crippen molar-refractivity contribution in [1.82, 2.24) is 10.2 Å². The molecule has 2 nitrogen and oxygen atoms in total. The van der Waals surface area contributed by atoms with Crippen LogP contribution < -0.4 is 5.32 Å². The lowest BCUT2D eigenvalue weighted by atomic mass is 10.00. The van der Waals surface area contributed by atoms with E-state index in [9.17, 15) is 0 Å². The van der Waals surface area contributed by atoms with Crippen molar-refractivity contribution in [2.75, 3.05) is 20.1 Å². The normalized spacial score (nSPS) is 22.4. The van der Waals surface area contributed by atoms with Gasteiger partial charge in [0.15, 0.2) is 0 Å². The molecule has 1 aromatic carbocycles. The second-order valence-electron chi connectivity index (χ2n) is 5.65. The summed E-state index contributed by atoms with van der Waals surface area (Å²) >= 11 is 5.91. The van der Waals surface area contributed by atoms with Crippen LogP contribution in [-0.2, 0) is 0 Å². The molecule has 2 rings (SSSR count). The van der Waals surface area contributed by atoms with Gasteiger partial charge in [0.1, 0.15) is 0 Å². The number of hydrogen-bond acceptors (Lipinski definition) is 2. The smallest absolute Gasteiger partial charge is 0.0406 e. The number of likely N-dealkylation sites (tertiary alicyclic amines) is 1. The van der Waals surface area contributed by atoms with E-state index < -0.39 is 0 Å². The molecule has 0 bridgehead atoms. The molecule has 1 heterocycles. The first kappa shape index (κ1) is 14.8. The number of nitrogens with zero attached hydrogens (tertiary/aromatic N) is 1. The molecule has 1 saturated heterocycles. The van der Waals surface area contributed by atoms with Crippen LogP contribution in [0.3, 0.4) is 0 Å². The minimum atomic E-state index is 0.395. The number of rotatable bonds is 5. The van der Waals surface area contributed by atoms with E-state index in [1.54, 1.807) is 0 Å². The highest BCUT2D eigenvalue weighted by molar-refractivity contribution is 6.30. The van der Waals surface area contributed by atoms with E-state index in [-0.39, 0.29) is 0 Å². The third kappa shape index (κ3) is 4.48. The van der Waals surface area contributed by atoms with Gasteiger partial charge < -0.3 is 10.2 Å². The fourth-order valence-electron chi connectivity index (χ4n) is 2.84. The molecule has 0 aliphatic carbocycles. The van der Waals surface area contributed by atoms with E-state index in [0.717, 1.165) is 17.6 Å². The van der Waals surface area contributed by atoms with Gasteiger partial charge in [0.25, 0.3) is 0 Å². The summed E-state index contributed by atoms with van der Waals surface area (Å²) in [7, 11) is 2.26. The van der Waals surface area contributed by atoms with Crippen LogP contribution in [0.25, 0.3) is 0 Å². The first-order chi connectivity index (χ1) is 9.16.